The molecule has 1 aliphatic heterocycles. The van der Waals surface area contributed by atoms with E-state index in [-0.39, 0.29) is 5.91 Å². The molecular formula is C22H23N3O3S. The maximum absolute atomic E-state index is 13.3. The number of carbonyl (C=O) groups excluding carboxylic acids is 1. The van der Waals surface area contributed by atoms with E-state index < -0.39 is 5.25 Å². The Morgan fingerprint density at radius 3 is 2.45 bits per heavy atom. The molecule has 4 rings (SSSR count). The molecule has 1 aliphatic rings. The largest absolute Gasteiger partial charge is 0.497 e. The summed E-state index contributed by atoms with van der Waals surface area (Å²) in [5.74, 6) is 1.29. The van der Waals surface area contributed by atoms with E-state index in [4.69, 9.17) is 9.15 Å². The topological polar surface area (TPSA) is 68.5 Å². The maximum atomic E-state index is 13.3. The minimum Gasteiger partial charge on any atom is -0.497 e. The molecule has 1 aromatic heterocycles. The fraction of sp³-hybridized carbons (Fsp3) is 0.318. The first-order chi connectivity index (χ1) is 14.2. The molecule has 1 amide bonds. The lowest BCUT2D eigenvalue weighted by Gasteiger charge is -2.29. The molecule has 0 aliphatic carbocycles. The number of likely N-dealkylation sites (tertiary alicyclic amines) is 1. The molecule has 0 bridgehead atoms. The van der Waals surface area contributed by atoms with Gasteiger partial charge in [-0.2, -0.15) is 0 Å². The van der Waals surface area contributed by atoms with Gasteiger partial charge in [0.15, 0.2) is 0 Å². The number of thioether (sulfide) groups is 1. The third kappa shape index (κ3) is 4.62. The van der Waals surface area contributed by atoms with Gasteiger partial charge in [0.1, 0.15) is 11.0 Å². The summed E-state index contributed by atoms with van der Waals surface area (Å²) in [6.45, 7) is 1.62. The molecule has 0 radical (unpaired) electrons. The van der Waals surface area contributed by atoms with Crippen LogP contribution in [0.15, 0.2) is 64.2 Å². The van der Waals surface area contributed by atoms with Crippen molar-refractivity contribution < 1.29 is 13.9 Å². The zero-order valence-corrected chi connectivity index (χ0v) is 17.1. The van der Waals surface area contributed by atoms with E-state index in [1.54, 1.807) is 7.11 Å². The van der Waals surface area contributed by atoms with Gasteiger partial charge in [0, 0.05) is 18.7 Å². The second-order valence-corrected chi connectivity index (χ2v) is 7.95. The lowest BCUT2D eigenvalue weighted by atomic mass is 10.1. The summed E-state index contributed by atoms with van der Waals surface area (Å²) in [5, 5.41) is 8.31. The second-order valence-electron chi connectivity index (χ2n) is 6.90. The average Bonchev–Trinajstić information content (AvgIpc) is 3.27. The van der Waals surface area contributed by atoms with Crippen molar-refractivity contribution in [1.29, 1.82) is 0 Å². The van der Waals surface area contributed by atoms with Crippen LogP contribution in [0.5, 0.6) is 5.75 Å². The van der Waals surface area contributed by atoms with Gasteiger partial charge >= 0.3 is 0 Å². The molecule has 1 fully saturated rings. The molecular weight excluding hydrogens is 386 g/mol. The van der Waals surface area contributed by atoms with Crippen molar-refractivity contribution in [1.82, 2.24) is 15.1 Å². The first kappa shape index (κ1) is 19.5. The fourth-order valence-electron chi connectivity index (χ4n) is 3.38. The number of benzene rings is 2. The number of aromatic nitrogens is 2. The zero-order valence-electron chi connectivity index (χ0n) is 16.3. The van der Waals surface area contributed by atoms with Gasteiger partial charge in [0.25, 0.3) is 5.22 Å². The molecule has 3 aromatic rings. The molecule has 1 atom stereocenters. The highest BCUT2D eigenvalue weighted by Gasteiger charge is 2.29. The average molecular weight is 410 g/mol. The Morgan fingerprint density at radius 1 is 1.03 bits per heavy atom. The number of nitrogens with zero attached hydrogens (tertiary/aromatic N) is 3. The molecule has 0 spiro atoms. The molecule has 1 saturated heterocycles. The minimum atomic E-state index is -0.404. The van der Waals surface area contributed by atoms with Crippen molar-refractivity contribution in [2.24, 2.45) is 0 Å². The van der Waals surface area contributed by atoms with E-state index in [0.717, 1.165) is 42.8 Å². The fourth-order valence-corrected chi connectivity index (χ4v) is 4.34. The van der Waals surface area contributed by atoms with Crippen molar-refractivity contribution in [2.75, 3.05) is 20.2 Å². The van der Waals surface area contributed by atoms with Crippen molar-refractivity contribution >= 4 is 17.7 Å². The van der Waals surface area contributed by atoms with Crippen LogP contribution in [-0.2, 0) is 4.79 Å². The minimum absolute atomic E-state index is 0.102. The van der Waals surface area contributed by atoms with Crippen LogP contribution in [0, 0.1) is 0 Å². The van der Waals surface area contributed by atoms with Crippen molar-refractivity contribution in [3.63, 3.8) is 0 Å². The highest BCUT2D eigenvalue weighted by molar-refractivity contribution is 8.00. The predicted molar refractivity (Wildman–Crippen MR) is 112 cm³/mol. The summed E-state index contributed by atoms with van der Waals surface area (Å²) in [7, 11) is 1.62. The summed E-state index contributed by atoms with van der Waals surface area (Å²) in [4.78, 5) is 15.2. The van der Waals surface area contributed by atoms with Gasteiger partial charge in [0.05, 0.1) is 7.11 Å². The number of methoxy groups -OCH3 is 1. The van der Waals surface area contributed by atoms with Gasteiger partial charge in [-0.3, -0.25) is 4.79 Å². The Hall–Kier alpha value is -2.80. The van der Waals surface area contributed by atoms with Crippen LogP contribution in [0.2, 0.25) is 0 Å². The molecule has 6 nitrogen and oxygen atoms in total. The molecule has 2 heterocycles. The Kier molecular flexibility index (Phi) is 6.14. The van der Waals surface area contributed by atoms with E-state index in [1.165, 1.54) is 18.2 Å². The lowest BCUT2D eigenvalue weighted by molar-refractivity contribution is -0.131. The zero-order chi connectivity index (χ0) is 20.1. The summed E-state index contributed by atoms with van der Waals surface area (Å²) in [5.41, 5.74) is 1.75. The number of carbonyl (C=O) groups is 1. The molecule has 29 heavy (non-hydrogen) atoms. The van der Waals surface area contributed by atoms with E-state index >= 15 is 0 Å². The highest BCUT2D eigenvalue weighted by Crippen LogP contribution is 2.37. The Labute approximate surface area is 174 Å². The van der Waals surface area contributed by atoms with E-state index in [0.29, 0.717) is 11.1 Å². The molecule has 0 saturated carbocycles. The standard InChI is InChI=1S/C22H23N3O3S/c1-27-18-12-10-17(11-13-18)20-23-24-22(28-20)29-19(16-8-4-2-5-9-16)21(26)25-14-6-3-7-15-25/h2,4-5,8-13,19H,3,6-7,14-15H2,1H3/t19-/m1/s1. The van der Waals surface area contributed by atoms with Crippen LogP contribution in [-0.4, -0.2) is 41.2 Å². The quantitative estimate of drug-likeness (QED) is 0.555. The Morgan fingerprint density at radius 2 is 1.76 bits per heavy atom. The van der Waals surface area contributed by atoms with Crippen LogP contribution in [0.4, 0.5) is 0 Å². The number of piperidine rings is 1. The molecule has 150 valence electrons. The first-order valence-electron chi connectivity index (χ1n) is 9.73. The Balaban J connectivity index is 1.56. The SMILES string of the molecule is COc1ccc(-c2nnc(S[C@@H](C(=O)N3CCCCC3)c3ccccc3)o2)cc1. The Bertz CT molecular complexity index is 937. The smallest absolute Gasteiger partial charge is 0.277 e. The lowest BCUT2D eigenvalue weighted by Crippen LogP contribution is -2.38. The van der Waals surface area contributed by atoms with Crippen molar-refractivity contribution in [3.05, 3.63) is 60.2 Å². The third-order valence-corrected chi connectivity index (χ3v) is 6.03. The van der Waals surface area contributed by atoms with E-state index in [2.05, 4.69) is 10.2 Å². The van der Waals surface area contributed by atoms with Crippen LogP contribution < -0.4 is 4.74 Å². The first-order valence-corrected chi connectivity index (χ1v) is 10.6. The van der Waals surface area contributed by atoms with E-state index in [1.807, 2.05) is 59.5 Å². The van der Waals surface area contributed by atoms with Gasteiger partial charge in [-0.25, -0.2) is 0 Å². The number of amides is 1. The number of hydrogen-bond donors (Lipinski definition) is 0. The van der Waals surface area contributed by atoms with Crippen LogP contribution in [0.25, 0.3) is 11.5 Å². The maximum Gasteiger partial charge on any atom is 0.277 e. The van der Waals surface area contributed by atoms with Gasteiger partial charge in [-0.1, -0.05) is 30.3 Å². The summed E-state index contributed by atoms with van der Waals surface area (Å²) >= 11 is 1.31. The molecule has 0 unspecified atom stereocenters. The summed E-state index contributed by atoms with van der Waals surface area (Å²) < 4.78 is 11.0. The second kappa shape index (κ2) is 9.13. The van der Waals surface area contributed by atoms with Gasteiger partial charge in [0.2, 0.25) is 11.8 Å². The molecule has 7 heteroatoms. The number of hydrogen-bond acceptors (Lipinski definition) is 6. The van der Waals surface area contributed by atoms with Crippen molar-refractivity contribution in [3.8, 4) is 17.2 Å². The normalized spacial score (nSPS) is 15.1. The van der Waals surface area contributed by atoms with Gasteiger partial charge in [-0.05, 0) is 60.9 Å². The van der Waals surface area contributed by atoms with Gasteiger partial charge in [-0.15, -0.1) is 10.2 Å². The third-order valence-electron chi connectivity index (χ3n) is 4.96. The van der Waals surface area contributed by atoms with Crippen LogP contribution >= 0.6 is 11.8 Å². The summed E-state index contributed by atoms with van der Waals surface area (Å²) in [6.07, 6.45) is 3.29. The predicted octanol–water partition coefficient (Wildman–Crippen LogP) is 4.59. The molecule has 2 aromatic carbocycles. The summed E-state index contributed by atoms with van der Waals surface area (Å²) in [6, 6.07) is 17.2. The van der Waals surface area contributed by atoms with Gasteiger partial charge < -0.3 is 14.1 Å². The number of ether oxygens (including phenoxy) is 1. The number of rotatable bonds is 6. The van der Waals surface area contributed by atoms with Crippen LogP contribution in [0.1, 0.15) is 30.1 Å². The van der Waals surface area contributed by atoms with Crippen LogP contribution in [0.3, 0.4) is 0 Å². The highest BCUT2D eigenvalue weighted by atomic mass is 32.2. The van der Waals surface area contributed by atoms with Crippen molar-refractivity contribution in [2.45, 2.75) is 29.7 Å². The monoisotopic (exact) mass is 409 g/mol. The van der Waals surface area contributed by atoms with E-state index in [9.17, 15) is 4.79 Å². The molecule has 0 N–H and O–H groups in total.